The summed E-state index contributed by atoms with van der Waals surface area (Å²) in [5.41, 5.74) is 1.51. The lowest BCUT2D eigenvalue weighted by Crippen LogP contribution is -2.45. The third-order valence-corrected chi connectivity index (χ3v) is 6.48. The molecule has 0 spiro atoms. The van der Waals surface area contributed by atoms with E-state index in [-0.39, 0.29) is 4.90 Å². The molecule has 1 heterocycles. The Balaban J connectivity index is 1.60. The molecule has 34 heavy (non-hydrogen) atoms. The van der Waals surface area contributed by atoms with Gasteiger partial charge in [0.15, 0.2) is 18.1 Å². The van der Waals surface area contributed by atoms with Crippen LogP contribution in [0, 0.1) is 5.92 Å². The first kappa shape index (κ1) is 25.3. The molecule has 0 saturated heterocycles. The van der Waals surface area contributed by atoms with Gasteiger partial charge in [-0.05, 0) is 42.3 Å². The van der Waals surface area contributed by atoms with Crippen LogP contribution in [0.3, 0.4) is 0 Å². The van der Waals surface area contributed by atoms with Crippen LogP contribution in [0.5, 0.6) is 11.5 Å². The van der Waals surface area contributed by atoms with E-state index >= 15 is 0 Å². The molecule has 1 amide bonds. The number of hydrogen-bond donors (Lipinski definition) is 2. The summed E-state index contributed by atoms with van der Waals surface area (Å²) in [6.45, 7) is 3.48. The molecule has 1 aliphatic rings. The fourth-order valence-corrected chi connectivity index (χ4v) is 4.50. The van der Waals surface area contributed by atoms with Gasteiger partial charge in [0.1, 0.15) is 19.3 Å². The molecule has 1 atom stereocenters. The van der Waals surface area contributed by atoms with E-state index in [0.29, 0.717) is 30.4 Å². The summed E-state index contributed by atoms with van der Waals surface area (Å²) in [4.78, 5) is 26.7. The van der Waals surface area contributed by atoms with Crippen LogP contribution < -0.4 is 24.4 Å². The first-order valence-electron chi connectivity index (χ1n) is 10.7. The van der Waals surface area contributed by atoms with Crippen LogP contribution in [0.1, 0.15) is 13.8 Å². The number of carbonyl (C=O) groups is 2. The Hall–Kier alpha value is -3.31. The van der Waals surface area contributed by atoms with E-state index in [0.717, 1.165) is 5.69 Å². The van der Waals surface area contributed by atoms with Crippen molar-refractivity contribution in [2.24, 2.45) is 5.92 Å². The maximum atomic E-state index is 12.9. The topological polar surface area (TPSA) is 123 Å². The van der Waals surface area contributed by atoms with Gasteiger partial charge in [0, 0.05) is 31.5 Å². The van der Waals surface area contributed by atoms with Crippen LogP contribution in [0.2, 0.25) is 0 Å². The summed E-state index contributed by atoms with van der Waals surface area (Å²) in [5, 5.41) is 2.64. The molecule has 0 fully saturated rings. The smallest absolute Gasteiger partial charge is 0.324 e. The lowest BCUT2D eigenvalue weighted by molar-refractivity contribution is -0.150. The molecule has 10 nitrogen and oxygen atoms in total. The number of benzene rings is 2. The Kier molecular flexibility index (Phi) is 8.00. The highest BCUT2D eigenvalue weighted by Crippen LogP contribution is 2.32. The highest BCUT2D eigenvalue weighted by molar-refractivity contribution is 7.89. The van der Waals surface area contributed by atoms with Crippen molar-refractivity contribution in [1.29, 1.82) is 0 Å². The summed E-state index contributed by atoms with van der Waals surface area (Å²) in [6.07, 6.45) is 0. The summed E-state index contributed by atoms with van der Waals surface area (Å²) in [7, 11) is -0.266. The Morgan fingerprint density at radius 2 is 1.68 bits per heavy atom. The minimum Gasteiger partial charge on any atom is -0.486 e. The predicted molar refractivity (Wildman–Crippen MR) is 127 cm³/mol. The van der Waals surface area contributed by atoms with Crippen LogP contribution in [0.4, 0.5) is 11.4 Å². The van der Waals surface area contributed by atoms with E-state index in [1.807, 2.05) is 31.1 Å². The van der Waals surface area contributed by atoms with Gasteiger partial charge in [0.05, 0.1) is 4.90 Å². The van der Waals surface area contributed by atoms with Gasteiger partial charge < -0.3 is 24.4 Å². The third kappa shape index (κ3) is 6.39. The fraction of sp³-hybridized carbons (Fsp3) is 0.391. The summed E-state index contributed by atoms with van der Waals surface area (Å²) in [6, 6.07) is 10.2. The lowest BCUT2D eigenvalue weighted by atomic mass is 10.1. The summed E-state index contributed by atoms with van der Waals surface area (Å²) >= 11 is 0. The molecule has 2 aromatic carbocycles. The molecular weight excluding hydrogens is 462 g/mol. The van der Waals surface area contributed by atoms with Crippen molar-refractivity contribution in [3.63, 3.8) is 0 Å². The van der Waals surface area contributed by atoms with Crippen LogP contribution in [-0.4, -0.2) is 60.3 Å². The maximum Gasteiger partial charge on any atom is 0.324 e. The number of hydrogen-bond acceptors (Lipinski definition) is 8. The van der Waals surface area contributed by atoms with E-state index in [2.05, 4.69) is 10.0 Å². The van der Waals surface area contributed by atoms with Gasteiger partial charge in [0.2, 0.25) is 10.0 Å². The van der Waals surface area contributed by atoms with Crippen molar-refractivity contribution in [2.75, 3.05) is 44.1 Å². The molecular formula is C23H29N3O7S. The van der Waals surface area contributed by atoms with Gasteiger partial charge in [0.25, 0.3) is 5.91 Å². The summed E-state index contributed by atoms with van der Waals surface area (Å²) in [5.74, 6) is -1.06. The van der Waals surface area contributed by atoms with Crippen LogP contribution in [0.25, 0.3) is 0 Å². The second-order valence-corrected chi connectivity index (χ2v) is 9.96. The summed E-state index contributed by atoms with van der Waals surface area (Å²) < 4.78 is 44.1. The Bertz CT molecular complexity index is 1130. The zero-order valence-electron chi connectivity index (χ0n) is 19.5. The second-order valence-electron chi connectivity index (χ2n) is 8.25. The SMILES string of the molecule is CC(C)C(NS(=O)(=O)c1ccc2c(c1)OCCO2)C(=O)OCC(=O)Nc1ccc(N(C)C)cc1. The standard InChI is InChI=1S/C23H29N3O7S/c1-15(2)22(25-34(29,30)18-9-10-19-20(13-18)32-12-11-31-19)23(28)33-14-21(27)24-16-5-7-17(8-6-16)26(3)4/h5-10,13,15,22,25H,11-12,14H2,1-4H3,(H,24,27). The number of fused-ring (bicyclic) bond motifs is 1. The van der Waals surface area contributed by atoms with Crippen LogP contribution >= 0.6 is 0 Å². The third-order valence-electron chi connectivity index (χ3n) is 5.04. The van der Waals surface area contributed by atoms with Crippen molar-refractivity contribution in [3.8, 4) is 11.5 Å². The fourth-order valence-electron chi connectivity index (χ4n) is 3.15. The normalized spacial score (nSPS) is 13.8. The average molecular weight is 492 g/mol. The maximum absolute atomic E-state index is 12.9. The minimum atomic E-state index is -4.07. The van der Waals surface area contributed by atoms with Crippen molar-refractivity contribution < 1.29 is 32.2 Å². The molecule has 1 aliphatic heterocycles. The number of nitrogens with one attached hydrogen (secondary N) is 2. The van der Waals surface area contributed by atoms with Crippen molar-refractivity contribution in [3.05, 3.63) is 42.5 Å². The highest BCUT2D eigenvalue weighted by atomic mass is 32.2. The molecule has 2 aromatic rings. The van der Waals surface area contributed by atoms with E-state index in [1.54, 1.807) is 26.0 Å². The van der Waals surface area contributed by atoms with Gasteiger partial charge in [-0.25, -0.2) is 8.42 Å². The van der Waals surface area contributed by atoms with Gasteiger partial charge in [-0.2, -0.15) is 4.72 Å². The van der Waals surface area contributed by atoms with Gasteiger partial charge in [-0.3, -0.25) is 9.59 Å². The van der Waals surface area contributed by atoms with Gasteiger partial charge >= 0.3 is 5.97 Å². The Morgan fingerprint density at radius 3 is 2.29 bits per heavy atom. The number of carbonyl (C=O) groups excluding carboxylic acids is 2. The first-order chi connectivity index (χ1) is 16.1. The largest absolute Gasteiger partial charge is 0.486 e. The zero-order chi connectivity index (χ0) is 24.9. The number of sulfonamides is 1. The number of amides is 1. The van der Waals surface area contributed by atoms with Gasteiger partial charge in [-0.1, -0.05) is 13.8 Å². The van der Waals surface area contributed by atoms with E-state index in [4.69, 9.17) is 14.2 Å². The molecule has 0 aromatic heterocycles. The van der Waals surface area contributed by atoms with E-state index < -0.39 is 40.5 Å². The highest BCUT2D eigenvalue weighted by Gasteiger charge is 2.31. The molecule has 0 bridgehead atoms. The predicted octanol–water partition coefficient (Wildman–Crippen LogP) is 2.01. The molecule has 3 rings (SSSR count). The molecule has 0 aliphatic carbocycles. The zero-order valence-corrected chi connectivity index (χ0v) is 20.3. The van der Waals surface area contributed by atoms with Crippen molar-refractivity contribution >= 4 is 33.3 Å². The first-order valence-corrected chi connectivity index (χ1v) is 12.2. The lowest BCUT2D eigenvalue weighted by Gasteiger charge is -2.22. The second kappa shape index (κ2) is 10.7. The molecule has 0 saturated carbocycles. The van der Waals surface area contributed by atoms with Crippen LogP contribution in [0.15, 0.2) is 47.4 Å². The number of esters is 1. The Morgan fingerprint density at radius 1 is 1.03 bits per heavy atom. The molecule has 0 radical (unpaired) electrons. The molecule has 2 N–H and O–H groups in total. The van der Waals surface area contributed by atoms with E-state index in [9.17, 15) is 18.0 Å². The number of anilines is 2. The Labute approximate surface area is 199 Å². The number of ether oxygens (including phenoxy) is 3. The minimum absolute atomic E-state index is 0.0749. The van der Waals surface area contributed by atoms with Crippen molar-refractivity contribution in [1.82, 2.24) is 4.72 Å². The van der Waals surface area contributed by atoms with E-state index in [1.165, 1.54) is 18.2 Å². The molecule has 11 heteroatoms. The van der Waals surface area contributed by atoms with Gasteiger partial charge in [-0.15, -0.1) is 0 Å². The van der Waals surface area contributed by atoms with Crippen LogP contribution in [-0.2, 0) is 24.3 Å². The molecule has 184 valence electrons. The number of nitrogens with zero attached hydrogens (tertiary/aromatic N) is 1. The van der Waals surface area contributed by atoms with Crippen molar-refractivity contribution in [2.45, 2.75) is 24.8 Å². The number of rotatable bonds is 9. The monoisotopic (exact) mass is 491 g/mol. The average Bonchev–Trinajstić information content (AvgIpc) is 2.81. The quantitative estimate of drug-likeness (QED) is 0.511. The molecule has 1 unspecified atom stereocenters.